The van der Waals surface area contributed by atoms with Crippen molar-refractivity contribution in [2.75, 3.05) is 13.1 Å². The van der Waals surface area contributed by atoms with Crippen molar-refractivity contribution >= 4 is 27.8 Å². The second-order valence-corrected chi connectivity index (χ2v) is 5.46. The third-order valence-electron chi connectivity index (χ3n) is 3.25. The summed E-state index contributed by atoms with van der Waals surface area (Å²) in [6.07, 6.45) is -0.0127. The van der Waals surface area contributed by atoms with Crippen molar-refractivity contribution in [1.29, 1.82) is 0 Å². The molecule has 1 unspecified atom stereocenters. The van der Waals surface area contributed by atoms with Gasteiger partial charge in [0.2, 0.25) is 11.6 Å². The molecule has 1 saturated heterocycles. The van der Waals surface area contributed by atoms with E-state index in [1.54, 1.807) is 6.07 Å². The van der Waals surface area contributed by atoms with E-state index in [1.165, 1.54) is 4.90 Å². The van der Waals surface area contributed by atoms with Crippen molar-refractivity contribution in [3.8, 4) is 0 Å². The Bertz CT molecular complexity index is 522. The minimum Gasteiger partial charge on any atom is -0.479 e. The molecule has 0 spiro atoms. The standard InChI is InChI=1S/C13H13BrFNO3/c14-10-4-2-1-3-9(10)7-11(17)16-6-5-13(15,8-16)12(18)19/h1-4H,5-8H2,(H,18,19). The van der Waals surface area contributed by atoms with Crippen LogP contribution in [0.2, 0.25) is 0 Å². The molecule has 1 atom stereocenters. The van der Waals surface area contributed by atoms with Crippen LogP contribution < -0.4 is 0 Å². The van der Waals surface area contributed by atoms with Crippen molar-refractivity contribution in [2.24, 2.45) is 0 Å². The third kappa shape index (κ3) is 2.94. The molecule has 6 heteroatoms. The highest BCUT2D eigenvalue weighted by Crippen LogP contribution is 2.27. The average molecular weight is 330 g/mol. The van der Waals surface area contributed by atoms with Gasteiger partial charge in [0, 0.05) is 17.4 Å². The molecule has 0 saturated carbocycles. The van der Waals surface area contributed by atoms with Gasteiger partial charge in [-0.1, -0.05) is 34.1 Å². The van der Waals surface area contributed by atoms with Gasteiger partial charge in [0.05, 0.1) is 13.0 Å². The number of nitrogens with zero attached hydrogens (tertiary/aromatic N) is 1. The lowest BCUT2D eigenvalue weighted by Crippen LogP contribution is -2.39. The maximum atomic E-state index is 13.9. The molecule has 0 bridgehead atoms. The fourth-order valence-corrected chi connectivity index (χ4v) is 2.50. The van der Waals surface area contributed by atoms with Crippen molar-refractivity contribution in [3.05, 3.63) is 34.3 Å². The number of carboxylic acids is 1. The summed E-state index contributed by atoms with van der Waals surface area (Å²) in [5.74, 6) is -1.75. The molecule has 2 rings (SSSR count). The number of rotatable bonds is 3. The van der Waals surface area contributed by atoms with Crippen LogP contribution >= 0.6 is 15.9 Å². The van der Waals surface area contributed by atoms with Crippen LogP contribution in [-0.2, 0) is 16.0 Å². The van der Waals surface area contributed by atoms with E-state index in [4.69, 9.17) is 5.11 Å². The van der Waals surface area contributed by atoms with Crippen LogP contribution in [0.25, 0.3) is 0 Å². The molecule has 1 fully saturated rings. The maximum Gasteiger partial charge on any atom is 0.343 e. The van der Waals surface area contributed by atoms with Crippen LogP contribution in [0.15, 0.2) is 28.7 Å². The molecule has 1 heterocycles. The smallest absolute Gasteiger partial charge is 0.343 e. The number of hydrogen-bond acceptors (Lipinski definition) is 2. The number of hydrogen-bond donors (Lipinski definition) is 1. The predicted octanol–water partition coefficient (Wildman–Crippen LogP) is 2.02. The van der Waals surface area contributed by atoms with Crippen molar-refractivity contribution in [2.45, 2.75) is 18.5 Å². The first kappa shape index (κ1) is 14.0. The van der Waals surface area contributed by atoms with Gasteiger partial charge >= 0.3 is 5.97 Å². The van der Waals surface area contributed by atoms with Crippen LogP contribution in [0, 0.1) is 0 Å². The van der Waals surface area contributed by atoms with Crippen LogP contribution in [0.1, 0.15) is 12.0 Å². The number of aliphatic carboxylic acids is 1. The summed E-state index contributed by atoms with van der Waals surface area (Å²) < 4.78 is 14.7. The van der Waals surface area contributed by atoms with E-state index in [-0.39, 0.29) is 31.8 Å². The van der Waals surface area contributed by atoms with Crippen molar-refractivity contribution < 1.29 is 19.1 Å². The molecular weight excluding hydrogens is 317 g/mol. The summed E-state index contributed by atoms with van der Waals surface area (Å²) in [5, 5.41) is 8.79. The van der Waals surface area contributed by atoms with Crippen molar-refractivity contribution in [3.63, 3.8) is 0 Å². The summed E-state index contributed by atoms with van der Waals surface area (Å²) in [6, 6.07) is 7.28. The molecule has 1 N–H and O–H groups in total. The minimum absolute atomic E-state index is 0.136. The Morgan fingerprint density at radius 2 is 2.11 bits per heavy atom. The first-order chi connectivity index (χ1) is 8.92. The van der Waals surface area contributed by atoms with Gasteiger partial charge in [-0.25, -0.2) is 9.18 Å². The lowest BCUT2D eigenvalue weighted by molar-refractivity contribution is -0.150. The highest BCUT2D eigenvalue weighted by molar-refractivity contribution is 9.10. The number of carbonyl (C=O) groups is 2. The lowest BCUT2D eigenvalue weighted by Gasteiger charge is -2.18. The van der Waals surface area contributed by atoms with Crippen molar-refractivity contribution in [1.82, 2.24) is 4.90 Å². The van der Waals surface area contributed by atoms with Crippen LogP contribution in [0.3, 0.4) is 0 Å². The zero-order chi connectivity index (χ0) is 14.0. The van der Waals surface area contributed by atoms with Crippen LogP contribution in [-0.4, -0.2) is 40.6 Å². The molecule has 1 aromatic carbocycles. The Balaban J connectivity index is 2.03. The number of benzene rings is 1. The van der Waals surface area contributed by atoms with E-state index in [9.17, 15) is 14.0 Å². The topological polar surface area (TPSA) is 57.6 Å². The number of likely N-dealkylation sites (tertiary alicyclic amines) is 1. The van der Waals surface area contributed by atoms with E-state index in [0.717, 1.165) is 10.0 Å². The van der Waals surface area contributed by atoms with Gasteiger partial charge in [0.15, 0.2) is 0 Å². The molecule has 1 amide bonds. The Labute approximate surface area is 118 Å². The predicted molar refractivity (Wildman–Crippen MR) is 70.5 cm³/mol. The Hall–Kier alpha value is -1.43. The summed E-state index contributed by atoms with van der Waals surface area (Å²) in [5.41, 5.74) is -1.50. The SMILES string of the molecule is O=C(Cc1ccccc1Br)N1CCC(F)(C(=O)O)C1. The zero-order valence-electron chi connectivity index (χ0n) is 10.1. The number of carbonyl (C=O) groups excluding carboxylic acids is 1. The zero-order valence-corrected chi connectivity index (χ0v) is 11.7. The fourth-order valence-electron chi connectivity index (χ4n) is 2.08. The number of carboxylic acid groups (broad SMARTS) is 1. The summed E-state index contributed by atoms with van der Waals surface area (Å²) in [4.78, 5) is 24.1. The maximum absolute atomic E-state index is 13.9. The third-order valence-corrected chi connectivity index (χ3v) is 4.03. The van der Waals surface area contributed by atoms with Gasteiger partial charge in [-0.2, -0.15) is 0 Å². The van der Waals surface area contributed by atoms with Gasteiger partial charge in [-0.15, -0.1) is 0 Å². The van der Waals surface area contributed by atoms with Crippen LogP contribution in [0.4, 0.5) is 4.39 Å². The average Bonchev–Trinajstić information content (AvgIpc) is 2.76. The van der Waals surface area contributed by atoms with Gasteiger partial charge in [0.25, 0.3) is 0 Å². The molecule has 1 aromatic rings. The van der Waals surface area contributed by atoms with E-state index in [0.29, 0.717) is 0 Å². The lowest BCUT2D eigenvalue weighted by atomic mass is 10.1. The van der Waals surface area contributed by atoms with Gasteiger partial charge in [-0.05, 0) is 11.6 Å². The summed E-state index contributed by atoms with van der Waals surface area (Å²) in [6.45, 7) is -0.224. The largest absolute Gasteiger partial charge is 0.479 e. The highest BCUT2D eigenvalue weighted by Gasteiger charge is 2.46. The quantitative estimate of drug-likeness (QED) is 0.922. The Kier molecular flexibility index (Phi) is 3.89. The normalized spacial score (nSPS) is 22.5. The molecule has 102 valence electrons. The molecule has 1 aliphatic rings. The van der Waals surface area contributed by atoms with E-state index in [2.05, 4.69) is 15.9 Å². The molecule has 4 nitrogen and oxygen atoms in total. The van der Waals surface area contributed by atoms with E-state index < -0.39 is 11.6 Å². The summed E-state index contributed by atoms with van der Waals surface area (Å²) >= 11 is 3.34. The Morgan fingerprint density at radius 1 is 1.42 bits per heavy atom. The van der Waals surface area contributed by atoms with Crippen LogP contribution in [0.5, 0.6) is 0 Å². The first-order valence-electron chi connectivity index (χ1n) is 5.86. The molecule has 0 aromatic heterocycles. The minimum atomic E-state index is -2.30. The van der Waals surface area contributed by atoms with E-state index in [1.807, 2.05) is 18.2 Å². The summed E-state index contributed by atoms with van der Waals surface area (Å²) in [7, 11) is 0. The van der Waals surface area contributed by atoms with Gasteiger partial charge in [-0.3, -0.25) is 4.79 Å². The molecule has 19 heavy (non-hydrogen) atoms. The highest BCUT2D eigenvalue weighted by atomic mass is 79.9. The second kappa shape index (κ2) is 5.28. The van der Waals surface area contributed by atoms with Gasteiger partial charge < -0.3 is 10.0 Å². The number of alkyl halides is 1. The van der Waals surface area contributed by atoms with E-state index >= 15 is 0 Å². The molecule has 1 aliphatic heterocycles. The number of amides is 1. The van der Waals surface area contributed by atoms with Gasteiger partial charge in [0.1, 0.15) is 0 Å². The monoisotopic (exact) mass is 329 g/mol. The second-order valence-electron chi connectivity index (χ2n) is 4.60. The molecule has 0 radical (unpaired) electrons. The molecular formula is C13H13BrFNO3. The Morgan fingerprint density at radius 3 is 2.68 bits per heavy atom. The first-order valence-corrected chi connectivity index (χ1v) is 6.65. The number of halogens is 2. The fraction of sp³-hybridized carbons (Fsp3) is 0.385. The molecule has 0 aliphatic carbocycles.